The fraction of sp³-hybridized carbons (Fsp3) is 0.263. The summed E-state index contributed by atoms with van der Waals surface area (Å²) >= 11 is 0. The molecule has 1 amide bonds. The number of benzene rings is 2. The lowest BCUT2D eigenvalue weighted by Crippen LogP contribution is -2.32. The van der Waals surface area contributed by atoms with Gasteiger partial charge in [0.1, 0.15) is 11.6 Å². The smallest absolute Gasteiger partial charge is 0.344 e. The molecule has 2 aromatic rings. The highest BCUT2D eigenvalue weighted by atomic mass is 19.1. The van der Waals surface area contributed by atoms with Gasteiger partial charge in [-0.1, -0.05) is 37.3 Å². The van der Waals surface area contributed by atoms with Crippen LogP contribution in [0.25, 0.3) is 0 Å². The van der Waals surface area contributed by atoms with Gasteiger partial charge in [-0.05, 0) is 35.7 Å². The number of carbonyl (C=O) groups excluding carboxylic acids is 2. The number of amides is 1. The average Bonchev–Trinajstić information content (AvgIpc) is 2.64. The normalized spacial score (nSPS) is 11.4. The van der Waals surface area contributed by atoms with E-state index in [2.05, 4.69) is 5.32 Å². The van der Waals surface area contributed by atoms with Crippen molar-refractivity contribution >= 4 is 11.9 Å². The quantitative estimate of drug-likeness (QED) is 0.747. The van der Waals surface area contributed by atoms with E-state index in [1.807, 2.05) is 37.3 Å². The third-order valence-corrected chi connectivity index (χ3v) is 3.51. The maximum atomic E-state index is 12.7. The van der Waals surface area contributed by atoms with Crippen LogP contribution in [0.2, 0.25) is 0 Å². The van der Waals surface area contributed by atoms with Crippen LogP contribution >= 0.6 is 0 Å². The maximum absolute atomic E-state index is 12.7. The molecular weight excluding hydrogens is 325 g/mol. The molecule has 1 N–H and O–H groups in total. The molecule has 0 aliphatic rings. The van der Waals surface area contributed by atoms with Crippen molar-refractivity contribution < 1.29 is 23.5 Å². The van der Waals surface area contributed by atoms with Gasteiger partial charge in [0.2, 0.25) is 0 Å². The van der Waals surface area contributed by atoms with Crippen molar-refractivity contribution in [2.75, 3.05) is 19.8 Å². The van der Waals surface area contributed by atoms with E-state index in [1.54, 1.807) is 0 Å². The van der Waals surface area contributed by atoms with Gasteiger partial charge in [-0.15, -0.1) is 0 Å². The molecule has 5 nitrogen and oxygen atoms in total. The number of nitrogens with one attached hydrogen (secondary N) is 1. The molecular formula is C19H20FNO4. The van der Waals surface area contributed by atoms with Gasteiger partial charge in [0.15, 0.2) is 13.2 Å². The molecule has 0 spiro atoms. The molecule has 0 unspecified atom stereocenters. The summed E-state index contributed by atoms with van der Waals surface area (Å²) in [6.45, 7) is 1.73. The van der Waals surface area contributed by atoms with Crippen LogP contribution in [0.3, 0.4) is 0 Å². The lowest BCUT2D eigenvalue weighted by Gasteiger charge is -2.13. The first kappa shape index (κ1) is 18.4. The van der Waals surface area contributed by atoms with E-state index in [9.17, 15) is 14.0 Å². The zero-order valence-corrected chi connectivity index (χ0v) is 13.9. The Morgan fingerprint density at radius 1 is 1.04 bits per heavy atom. The summed E-state index contributed by atoms with van der Waals surface area (Å²) in [5, 5.41) is 2.72. The second kappa shape index (κ2) is 9.42. The van der Waals surface area contributed by atoms with Crippen molar-refractivity contribution in [1.82, 2.24) is 5.32 Å². The Kier molecular flexibility index (Phi) is 6.95. The molecule has 2 aromatic carbocycles. The summed E-state index contributed by atoms with van der Waals surface area (Å²) in [6, 6.07) is 15.0. The van der Waals surface area contributed by atoms with Gasteiger partial charge in [0, 0.05) is 6.54 Å². The number of esters is 1. The van der Waals surface area contributed by atoms with Gasteiger partial charge in [0.25, 0.3) is 5.91 Å². The van der Waals surface area contributed by atoms with Crippen molar-refractivity contribution in [3.63, 3.8) is 0 Å². The Hall–Kier alpha value is -2.89. The van der Waals surface area contributed by atoms with Gasteiger partial charge >= 0.3 is 5.97 Å². The molecule has 0 bridgehead atoms. The number of rotatable bonds is 8. The second-order valence-electron chi connectivity index (χ2n) is 5.52. The molecule has 0 aromatic heterocycles. The predicted octanol–water partition coefficient (Wildman–Crippen LogP) is 2.67. The van der Waals surface area contributed by atoms with Gasteiger partial charge in [-0.25, -0.2) is 9.18 Å². The van der Waals surface area contributed by atoms with Crippen LogP contribution in [-0.4, -0.2) is 31.6 Å². The average molecular weight is 345 g/mol. The molecule has 0 saturated carbocycles. The van der Waals surface area contributed by atoms with Crippen molar-refractivity contribution in [3.8, 4) is 5.75 Å². The summed E-state index contributed by atoms with van der Waals surface area (Å²) in [7, 11) is 0. The standard InChI is InChI=1S/C19H20FNO4/c1-14(15-5-3-2-4-6-15)11-21-18(22)12-25-19(23)13-24-17-9-7-16(20)8-10-17/h2-10,14H,11-13H2,1H3,(H,21,22)/t14-/m1/s1. The minimum Gasteiger partial charge on any atom is -0.482 e. The Bertz CT molecular complexity index is 688. The number of carbonyl (C=O) groups is 2. The van der Waals surface area contributed by atoms with Crippen LogP contribution in [0, 0.1) is 5.82 Å². The van der Waals surface area contributed by atoms with Crippen molar-refractivity contribution in [3.05, 3.63) is 66.0 Å². The minimum atomic E-state index is -0.671. The molecule has 0 aliphatic carbocycles. The summed E-state index contributed by atoms with van der Waals surface area (Å²) in [6.07, 6.45) is 0. The molecule has 0 heterocycles. The zero-order valence-electron chi connectivity index (χ0n) is 13.9. The number of hydrogen-bond acceptors (Lipinski definition) is 4. The predicted molar refractivity (Wildman–Crippen MR) is 90.7 cm³/mol. The van der Waals surface area contributed by atoms with E-state index in [-0.39, 0.29) is 25.0 Å². The highest BCUT2D eigenvalue weighted by Gasteiger charge is 2.10. The van der Waals surface area contributed by atoms with Gasteiger partial charge in [-0.3, -0.25) is 4.79 Å². The Morgan fingerprint density at radius 2 is 1.72 bits per heavy atom. The number of halogens is 1. The number of ether oxygens (including phenoxy) is 2. The first-order chi connectivity index (χ1) is 12.0. The fourth-order valence-corrected chi connectivity index (χ4v) is 2.08. The Balaban J connectivity index is 1.64. The van der Waals surface area contributed by atoms with E-state index >= 15 is 0 Å². The molecule has 0 fully saturated rings. The monoisotopic (exact) mass is 345 g/mol. The molecule has 0 radical (unpaired) electrons. The second-order valence-corrected chi connectivity index (χ2v) is 5.52. The summed E-state index contributed by atoms with van der Waals surface area (Å²) in [4.78, 5) is 23.3. The minimum absolute atomic E-state index is 0.155. The lowest BCUT2D eigenvalue weighted by atomic mass is 10.0. The Morgan fingerprint density at radius 3 is 2.40 bits per heavy atom. The van der Waals surface area contributed by atoms with Crippen LogP contribution in [-0.2, 0) is 14.3 Å². The molecule has 0 saturated heterocycles. The van der Waals surface area contributed by atoms with Crippen molar-refractivity contribution in [1.29, 1.82) is 0 Å². The van der Waals surface area contributed by atoms with Crippen LogP contribution in [0.5, 0.6) is 5.75 Å². The van der Waals surface area contributed by atoms with Gasteiger partial charge in [0.05, 0.1) is 0 Å². The van der Waals surface area contributed by atoms with Crippen LogP contribution in [0.4, 0.5) is 4.39 Å². The van der Waals surface area contributed by atoms with Crippen LogP contribution in [0.1, 0.15) is 18.4 Å². The third-order valence-electron chi connectivity index (χ3n) is 3.51. The first-order valence-corrected chi connectivity index (χ1v) is 7.90. The van der Waals surface area contributed by atoms with E-state index in [1.165, 1.54) is 24.3 Å². The molecule has 0 aliphatic heterocycles. The van der Waals surface area contributed by atoms with E-state index in [0.717, 1.165) is 5.56 Å². The van der Waals surface area contributed by atoms with Gasteiger partial charge < -0.3 is 14.8 Å². The number of hydrogen-bond donors (Lipinski definition) is 1. The fourth-order valence-electron chi connectivity index (χ4n) is 2.08. The zero-order chi connectivity index (χ0) is 18.1. The molecule has 2 rings (SSSR count). The Labute approximate surface area is 145 Å². The molecule has 1 atom stereocenters. The van der Waals surface area contributed by atoms with E-state index < -0.39 is 11.8 Å². The highest BCUT2D eigenvalue weighted by molar-refractivity contribution is 5.80. The molecule has 25 heavy (non-hydrogen) atoms. The van der Waals surface area contributed by atoms with Crippen LogP contribution < -0.4 is 10.1 Å². The first-order valence-electron chi connectivity index (χ1n) is 7.90. The molecule has 132 valence electrons. The summed E-state index contributed by atoms with van der Waals surface area (Å²) in [5.41, 5.74) is 1.12. The summed E-state index contributed by atoms with van der Waals surface area (Å²) in [5.74, 6) is -0.938. The van der Waals surface area contributed by atoms with Crippen molar-refractivity contribution in [2.24, 2.45) is 0 Å². The van der Waals surface area contributed by atoms with Gasteiger partial charge in [-0.2, -0.15) is 0 Å². The largest absolute Gasteiger partial charge is 0.482 e. The third kappa shape index (κ3) is 6.63. The summed E-state index contributed by atoms with van der Waals surface area (Å²) < 4.78 is 22.7. The van der Waals surface area contributed by atoms with Crippen LogP contribution in [0.15, 0.2) is 54.6 Å². The van der Waals surface area contributed by atoms with Crippen molar-refractivity contribution in [2.45, 2.75) is 12.8 Å². The topological polar surface area (TPSA) is 64.6 Å². The lowest BCUT2D eigenvalue weighted by molar-refractivity contribution is -0.150. The SMILES string of the molecule is C[C@H](CNC(=O)COC(=O)COc1ccc(F)cc1)c1ccccc1. The highest BCUT2D eigenvalue weighted by Crippen LogP contribution is 2.13. The van der Waals surface area contributed by atoms with E-state index in [0.29, 0.717) is 12.3 Å². The molecule has 6 heteroatoms. The van der Waals surface area contributed by atoms with E-state index in [4.69, 9.17) is 9.47 Å². The maximum Gasteiger partial charge on any atom is 0.344 e.